The fraction of sp³-hybridized carbons (Fsp3) is 0.296. The molecule has 1 aliphatic rings. The highest BCUT2D eigenvalue weighted by Gasteiger charge is 2.22. The molecular formula is C27H29N3O4S. The highest BCUT2D eigenvalue weighted by Crippen LogP contribution is 2.30. The first-order valence-electron chi connectivity index (χ1n) is 11.8. The first-order chi connectivity index (χ1) is 16.9. The predicted octanol–water partition coefficient (Wildman–Crippen LogP) is 4.83. The van der Waals surface area contributed by atoms with E-state index in [0.717, 1.165) is 34.6 Å². The average Bonchev–Trinajstić information content (AvgIpc) is 3.57. The number of aromatic nitrogens is 2. The topological polar surface area (TPSA) is 104 Å². The molecule has 0 aliphatic heterocycles. The molecule has 1 atom stereocenters. The third-order valence-electron chi connectivity index (χ3n) is 6.27. The van der Waals surface area contributed by atoms with Crippen molar-refractivity contribution in [2.45, 2.75) is 38.0 Å². The third-order valence-corrected chi connectivity index (χ3v) is 7.69. The lowest BCUT2D eigenvalue weighted by molar-refractivity contribution is 0.299. The fourth-order valence-electron chi connectivity index (χ4n) is 4.21. The van der Waals surface area contributed by atoms with Crippen LogP contribution in [0.2, 0.25) is 0 Å². The number of hydrogen-bond donors (Lipinski definition) is 3. The Balaban J connectivity index is 1.25. The van der Waals surface area contributed by atoms with Gasteiger partial charge in [-0.2, -0.15) is 5.10 Å². The van der Waals surface area contributed by atoms with Gasteiger partial charge in [0.2, 0.25) is 10.0 Å². The van der Waals surface area contributed by atoms with Crippen LogP contribution < -0.4 is 9.46 Å². The van der Waals surface area contributed by atoms with E-state index in [1.54, 1.807) is 12.1 Å². The van der Waals surface area contributed by atoms with Gasteiger partial charge in [0, 0.05) is 23.5 Å². The van der Waals surface area contributed by atoms with Crippen LogP contribution in [0.5, 0.6) is 11.5 Å². The van der Waals surface area contributed by atoms with E-state index in [0.29, 0.717) is 23.4 Å². The summed E-state index contributed by atoms with van der Waals surface area (Å²) in [7, 11) is -3.57. The van der Waals surface area contributed by atoms with E-state index in [4.69, 9.17) is 4.74 Å². The summed E-state index contributed by atoms with van der Waals surface area (Å²) in [5.74, 6) is 1.44. The highest BCUT2D eigenvalue weighted by atomic mass is 32.2. The van der Waals surface area contributed by atoms with Crippen molar-refractivity contribution < 1.29 is 18.3 Å². The minimum atomic E-state index is -3.57. The summed E-state index contributed by atoms with van der Waals surface area (Å²) in [6.45, 7) is 2.56. The first kappa shape index (κ1) is 23.4. The van der Waals surface area contributed by atoms with Crippen LogP contribution in [0, 0.1) is 5.92 Å². The smallest absolute Gasteiger partial charge is 0.216 e. The monoisotopic (exact) mass is 491 g/mol. The Morgan fingerprint density at radius 1 is 1.09 bits per heavy atom. The van der Waals surface area contributed by atoms with Crippen LogP contribution in [0.25, 0.3) is 10.9 Å². The second-order valence-corrected chi connectivity index (χ2v) is 11.1. The van der Waals surface area contributed by atoms with E-state index >= 15 is 0 Å². The molecule has 3 aromatic carbocycles. The number of hydrogen-bond acceptors (Lipinski definition) is 5. The molecule has 0 radical (unpaired) electrons. The van der Waals surface area contributed by atoms with Gasteiger partial charge in [-0.3, -0.25) is 5.10 Å². The first-order valence-corrected chi connectivity index (χ1v) is 13.5. The summed E-state index contributed by atoms with van der Waals surface area (Å²) in [4.78, 5) is 0. The number of nitrogens with zero attached hydrogens (tertiary/aromatic N) is 1. The molecule has 7 nitrogen and oxygen atoms in total. The Labute approximate surface area is 205 Å². The van der Waals surface area contributed by atoms with Gasteiger partial charge in [0.1, 0.15) is 17.0 Å². The molecule has 0 saturated heterocycles. The van der Waals surface area contributed by atoms with Gasteiger partial charge in [-0.05, 0) is 60.6 Å². The molecular weight excluding hydrogens is 462 g/mol. The Hall–Kier alpha value is -3.36. The second kappa shape index (κ2) is 9.71. The second-order valence-electron chi connectivity index (χ2n) is 9.30. The standard InChI is InChI=1S/C27H29N3O4S/c1-18(22-7-3-8-23(15-22)34-16-19-11-12-19)30-35(32,33)17-21-6-2-5-20(13-21)14-25-24-9-4-10-26(31)27(24)29-28-25/h2-10,13,15,18-19,30-31H,11-12,14,16-17H2,1H3,(H,28,29)/t18-/m1/s1. The molecule has 1 saturated carbocycles. The van der Waals surface area contributed by atoms with Crippen molar-refractivity contribution in [3.63, 3.8) is 0 Å². The van der Waals surface area contributed by atoms with E-state index in [9.17, 15) is 13.5 Å². The van der Waals surface area contributed by atoms with Crippen LogP contribution in [-0.4, -0.2) is 30.3 Å². The lowest BCUT2D eigenvalue weighted by atomic mass is 10.0. The molecule has 4 aromatic rings. The number of fused-ring (bicyclic) bond motifs is 1. The van der Waals surface area contributed by atoms with Crippen molar-refractivity contribution in [1.82, 2.24) is 14.9 Å². The van der Waals surface area contributed by atoms with Crippen molar-refractivity contribution in [1.29, 1.82) is 0 Å². The van der Waals surface area contributed by atoms with E-state index in [2.05, 4.69) is 14.9 Å². The van der Waals surface area contributed by atoms with E-state index in [1.807, 2.05) is 61.5 Å². The van der Waals surface area contributed by atoms with E-state index < -0.39 is 10.0 Å². The molecule has 1 fully saturated rings. The summed E-state index contributed by atoms with van der Waals surface area (Å²) >= 11 is 0. The quantitative estimate of drug-likeness (QED) is 0.295. The molecule has 0 spiro atoms. The van der Waals surface area contributed by atoms with Crippen molar-refractivity contribution in [2.24, 2.45) is 5.92 Å². The molecule has 0 bridgehead atoms. The largest absolute Gasteiger partial charge is 0.506 e. The lowest BCUT2D eigenvalue weighted by Gasteiger charge is -2.16. The fourth-order valence-corrected chi connectivity index (χ4v) is 5.59. The van der Waals surface area contributed by atoms with E-state index in [1.165, 1.54) is 12.8 Å². The number of nitrogens with one attached hydrogen (secondary N) is 2. The number of phenolic OH excluding ortho intramolecular Hbond substituents is 1. The van der Waals surface area contributed by atoms with Crippen LogP contribution in [0.3, 0.4) is 0 Å². The van der Waals surface area contributed by atoms with Gasteiger partial charge in [-0.1, -0.05) is 48.5 Å². The Bertz CT molecular complexity index is 1440. The van der Waals surface area contributed by atoms with Crippen LogP contribution in [-0.2, 0) is 22.2 Å². The molecule has 1 aromatic heterocycles. The molecule has 1 aliphatic carbocycles. The zero-order chi connectivity index (χ0) is 24.4. The number of sulfonamides is 1. The number of rotatable bonds is 10. The van der Waals surface area contributed by atoms with Crippen LogP contribution in [0.4, 0.5) is 0 Å². The zero-order valence-electron chi connectivity index (χ0n) is 19.6. The number of para-hydroxylation sites is 1. The van der Waals surface area contributed by atoms with Gasteiger partial charge in [0.15, 0.2) is 0 Å². The Morgan fingerprint density at radius 2 is 1.86 bits per heavy atom. The molecule has 0 amide bonds. The van der Waals surface area contributed by atoms with E-state index in [-0.39, 0.29) is 17.5 Å². The highest BCUT2D eigenvalue weighted by molar-refractivity contribution is 7.88. The maximum Gasteiger partial charge on any atom is 0.216 e. The third kappa shape index (κ3) is 5.83. The van der Waals surface area contributed by atoms with Crippen LogP contribution >= 0.6 is 0 Å². The van der Waals surface area contributed by atoms with Gasteiger partial charge >= 0.3 is 0 Å². The SMILES string of the molecule is C[C@@H](NS(=O)(=O)Cc1cccc(Cc2[nH]nc3c(O)cccc23)c1)c1cccc(OCC2CC2)c1. The van der Waals surface area contributed by atoms with Crippen LogP contribution in [0.15, 0.2) is 66.7 Å². The maximum atomic E-state index is 12.9. The van der Waals surface area contributed by atoms with Gasteiger partial charge in [-0.25, -0.2) is 13.1 Å². The molecule has 8 heteroatoms. The minimum Gasteiger partial charge on any atom is -0.506 e. The Morgan fingerprint density at radius 3 is 2.69 bits per heavy atom. The number of phenols is 1. The normalized spacial score (nSPS) is 14.8. The predicted molar refractivity (Wildman–Crippen MR) is 136 cm³/mol. The number of ether oxygens (including phenoxy) is 1. The molecule has 3 N–H and O–H groups in total. The number of aromatic amines is 1. The number of benzene rings is 3. The molecule has 1 heterocycles. The van der Waals surface area contributed by atoms with Crippen molar-refractivity contribution >= 4 is 20.9 Å². The summed E-state index contributed by atoms with van der Waals surface area (Å²) in [5.41, 5.74) is 3.92. The lowest BCUT2D eigenvalue weighted by Crippen LogP contribution is -2.28. The molecule has 35 heavy (non-hydrogen) atoms. The van der Waals surface area contributed by atoms with Gasteiger partial charge < -0.3 is 9.84 Å². The van der Waals surface area contributed by atoms with Gasteiger partial charge in [0.05, 0.1) is 12.4 Å². The zero-order valence-corrected chi connectivity index (χ0v) is 20.4. The summed E-state index contributed by atoms with van der Waals surface area (Å²) in [6.07, 6.45) is 2.99. The van der Waals surface area contributed by atoms with Gasteiger partial charge in [-0.15, -0.1) is 0 Å². The van der Waals surface area contributed by atoms with Gasteiger partial charge in [0.25, 0.3) is 0 Å². The van der Waals surface area contributed by atoms with Crippen molar-refractivity contribution in [3.8, 4) is 11.5 Å². The molecule has 5 rings (SSSR count). The Kier molecular flexibility index (Phi) is 6.49. The number of aromatic hydroxyl groups is 1. The number of H-pyrrole nitrogens is 1. The van der Waals surface area contributed by atoms with Crippen LogP contribution in [0.1, 0.15) is 48.2 Å². The summed E-state index contributed by atoms with van der Waals surface area (Å²) in [6, 6.07) is 20.0. The van der Waals surface area contributed by atoms with Crippen molar-refractivity contribution in [2.75, 3.05) is 6.61 Å². The van der Waals surface area contributed by atoms with Crippen molar-refractivity contribution in [3.05, 3.63) is 89.1 Å². The molecule has 0 unspecified atom stereocenters. The average molecular weight is 492 g/mol. The minimum absolute atomic E-state index is 0.117. The molecule has 182 valence electrons. The summed E-state index contributed by atoms with van der Waals surface area (Å²) < 4.78 is 34.5. The summed E-state index contributed by atoms with van der Waals surface area (Å²) in [5, 5.41) is 18.0. The maximum absolute atomic E-state index is 12.9.